The van der Waals surface area contributed by atoms with E-state index in [0.717, 1.165) is 31.4 Å². The molecular formula is C14H17N3O4. The molecule has 112 valence electrons. The zero-order valence-electron chi connectivity index (χ0n) is 11.6. The third-order valence-electron chi connectivity index (χ3n) is 3.36. The van der Waals surface area contributed by atoms with Crippen molar-refractivity contribution in [2.75, 3.05) is 13.2 Å². The highest BCUT2D eigenvalue weighted by molar-refractivity contribution is 5.52. The number of nitrogens with zero attached hydrogens (tertiary/aromatic N) is 3. The first-order chi connectivity index (χ1) is 10.3. The SMILES string of the molecule is O=c1onc(-c2cccnc2)n1CCOC1CCCCO1. The standard InChI is InChI=1S/C14H17N3O4/c18-14-17(7-9-20-12-5-1-2-8-19-12)13(16-21-14)11-4-3-6-15-10-11/h3-4,6,10,12H,1-2,5,7-9H2. The van der Waals surface area contributed by atoms with Crippen LogP contribution in [0.1, 0.15) is 19.3 Å². The van der Waals surface area contributed by atoms with Crippen molar-refractivity contribution in [3.63, 3.8) is 0 Å². The minimum absolute atomic E-state index is 0.170. The van der Waals surface area contributed by atoms with Crippen LogP contribution in [-0.4, -0.2) is 34.2 Å². The number of aromatic nitrogens is 3. The van der Waals surface area contributed by atoms with E-state index >= 15 is 0 Å². The van der Waals surface area contributed by atoms with Crippen LogP contribution in [0.4, 0.5) is 0 Å². The monoisotopic (exact) mass is 291 g/mol. The van der Waals surface area contributed by atoms with Crippen LogP contribution in [-0.2, 0) is 16.0 Å². The molecule has 2 aromatic rings. The van der Waals surface area contributed by atoms with E-state index in [1.165, 1.54) is 4.57 Å². The van der Waals surface area contributed by atoms with Gasteiger partial charge in [-0.3, -0.25) is 14.1 Å². The number of ether oxygens (including phenoxy) is 2. The van der Waals surface area contributed by atoms with Gasteiger partial charge in [-0.2, -0.15) is 0 Å². The molecule has 0 spiro atoms. The fraction of sp³-hybridized carbons (Fsp3) is 0.500. The summed E-state index contributed by atoms with van der Waals surface area (Å²) in [6.45, 7) is 1.48. The number of pyridine rings is 1. The van der Waals surface area contributed by atoms with Crippen LogP contribution in [0.15, 0.2) is 33.8 Å². The summed E-state index contributed by atoms with van der Waals surface area (Å²) < 4.78 is 17.3. The lowest BCUT2D eigenvalue weighted by molar-refractivity contribution is -0.163. The van der Waals surface area contributed by atoms with Gasteiger partial charge in [-0.05, 0) is 31.4 Å². The molecule has 7 heteroatoms. The van der Waals surface area contributed by atoms with Gasteiger partial charge >= 0.3 is 5.76 Å². The molecule has 1 atom stereocenters. The highest BCUT2D eigenvalue weighted by Gasteiger charge is 2.16. The normalized spacial score (nSPS) is 18.8. The Bertz CT molecular complexity index is 617. The minimum Gasteiger partial charge on any atom is -0.353 e. The summed E-state index contributed by atoms with van der Waals surface area (Å²) in [5.41, 5.74) is 0.734. The van der Waals surface area contributed by atoms with Gasteiger partial charge in [0, 0.05) is 24.6 Å². The smallest absolute Gasteiger partial charge is 0.353 e. The molecule has 0 saturated carbocycles. The molecule has 1 aliphatic rings. The van der Waals surface area contributed by atoms with E-state index in [1.807, 2.05) is 6.07 Å². The third kappa shape index (κ3) is 3.37. The van der Waals surface area contributed by atoms with Crippen molar-refractivity contribution in [2.45, 2.75) is 32.1 Å². The molecule has 3 rings (SSSR count). The van der Waals surface area contributed by atoms with Crippen molar-refractivity contribution >= 4 is 0 Å². The maximum absolute atomic E-state index is 11.7. The predicted octanol–water partition coefficient (Wildman–Crippen LogP) is 1.44. The lowest BCUT2D eigenvalue weighted by Gasteiger charge is -2.22. The van der Waals surface area contributed by atoms with Gasteiger partial charge in [-0.25, -0.2) is 4.79 Å². The Morgan fingerprint density at radius 3 is 3.14 bits per heavy atom. The van der Waals surface area contributed by atoms with Gasteiger partial charge in [-0.1, -0.05) is 5.16 Å². The highest BCUT2D eigenvalue weighted by atomic mass is 16.7. The Hall–Kier alpha value is -1.99. The van der Waals surface area contributed by atoms with Gasteiger partial charge in [0.05, 0.1) is 13.2 Å². The van der Waals surface area contributed by atoms with E-state index < -0.39 is 5.76 Å². The lowest BCUT2D eigenvalue weighted by Crippen LogP contribution is -2.26. The number of hydrogen-bond donors (Lipinski definition) is 0. The number of hydrogen-bond acceptors (Lipinski definition) is 6. The van der Waals surface area contributed by atoms with Crippen molar-refractivity contribution in [1.29, 1.82) is 0 Å². The molecule has 1 fully saturated rings. The molecule has 0 bridgehead atoms. The summed E-state index contributed by atoms with van der Waals surface area (Å²) in [6, 6.07) is 3.61. The van der Waals surface area contributed by atoms with Crippen LogP contribution in [0.25, 0.3) is 11.4 Å². The fourth-order valence-corrected chi connectivity index (χ4v) is 2.29. The van der Waals surface area contributed by atoms with E-state index in [1.54, 1.807) is 18.5 Å². The Kier molecular flexibility index (Phi) is 4.42. The Morgan fingerprint density at radius 2 is 2.38 bits per heavy atom. The van der Waals surface area contributed by atoms with E-state index in [2.05, 4.69) is 10.1 Å². The van der Waals surface area contributed by atoms with Gasteiger partial charge in [0.25, 0.3) is 0 Å². The molecule has 1 aliphatic heterocycles. The van der Waals surface area contributed by atoms with Gasteiger partial charge in [0.15, 0.2) is 12.1 Å². The highest BCUT2D eigenvalue weighted by Crippen LogP contribution is 2.15. The summed E-state index contributed by atoms with van der Waals surface area (Å²) in [5, 5.41) is 3.80. The first-order valence-corrected chi connectivity index (χ1v) is 7.05. The average Bonchev–Trinajstić information content (AvgIpc) is 2.91. The first kappa shape index (κ1) is 14.0. The average molecular weight is 291 g/mol. The molecule has 2 aromatic heterocycles. The van der Waals surface area contributed by atoms with Crippen LogP contribution < -0.4 is 5.76 Å². The Balaban J connectivity index is 1.65. The zero-order chi connectivity index (χ0) is 14.5. The summed E-state index contributed by atoms with van der Waals surface area (Å²) in [6.07, 6.45) is 6.22. The second-order valence-electron chi connectivity index (χ2n) is 4.83. The third-order valence-corrected chi connectivity index (χ3v) is 3.36. The molecule has 3 heterocycles. The minimum atomic E-state index is -0.498. The second kappa shape index (κ2) is 6.64. The van der Waals surface area contributed by atoms with Gasteiger partial charge in [-0.15, -0.1) is 0 Å². The lowest BCUT2D eigenvalue weighted by atomic mass is 10.2. The van der Waals surface area contributed by atoms with Gasteiger partial charge in [0.2, 0.25) is 0 Å². The fourth-order valence-electron chi connectivity index (χ4n) is 2.29. The summed E-state index contributed by atoms with van der Waals surface area (Å²) in [7, 11) is 0. The molecule has 0 amide bonds. The molecule has 0 aliphatic carbocycles. The molecule has 0 N–H and O–H groups in total. The number of rotatable bonds is 5. The van der Waals surface area contributed by atoms with Crippen LogP contribution >= 0.6 is 0 Å². The van der Waals surface area contributed by atoms with Crippen molar-refractivity contribution in [3.05, 3.63) is 35.1 Å². The second-order valence-corrected chi connectivity index (χ2v) is 4.83. The van der Waals surface area contributed by atoms with Crippen molar-refractivity contribution < 1.29 is 14.0 Å². The van der Waals surface area contributed by atoms with Gasteiger partial charge in [0.1, 0.15) is 0 Å². The Labute approximate surface area is 121 Å². The molecule has 7 nitrogen and oxygen atoms in total. The summed E-state index contributed by atoms with van der Waals surface area (Å²) in [4.78, 5) is 15.7. The topological polar surface area (TPSA) is 79.4 Å². The van der Waals surface area contributed by atoms with Crippen LogP contribution in [0.5, 0.6) is 0 Å². The molecule has 1 unspecified atom stereocenters. The van der Waals surface area contributed by atoms with E-state index in [-0.39, 0.29) is 6.29 Å². The summed E-state index contributed by atoms with van der Waals surface area (Å²) in [5.74, 6) is -0.0386. The van der Waals surface area contributed by atoms with Crippen LogP contribution in [0.3, 0.4) is 0 Å². The van der Waals surface area contributed by atoms with Crippen molar-refractivity contribution in [2.24, 2.45) is 0 Å². The summed E-state index contributed by atoms with van der Waals surface area (Å²) >= 11 is 0. The molecule has 21 heavy (non-hydrogen) atoms. The molecular weight excluding hydrogens is 274 g/mol. The zero-order valence-corrected chi connectivity index (χ0v) is 11.6. The Morgan fingerprint density at radius 1 is 1.43 bits per heavy atom. The van der Waals surface area contributed by atoms with E-state index in [9.17, 15) is 4.79 Å². The largest absolute Gasteiger partial charge is 0.441 e. The maximum atomic E-state index is 11.7. The molecule has 0 radical (unpaired) electrons. The van der Waals surface area contributed by atoms with Crippen LogP contribution in [0, 0.1) is 0 Å². The van der Waals surface area contributed by atoms with Crippen molar-refractivity contribution in [3.8, 4) is 11.4 Å². The van der Waals surface area contributed by atoms with Gasteiger partial charge < -0.3 is 9.47 Å². The van der Waals surface area contributed by atoms with E-state index in [0.29, 0.717) is 19.0 Å². The van der Waals surface area contributed by atoms with Crippen molar-refractivity contribution in [1.82, 2.24) is 14.7 Å². The predicted molar refractivity (Wildman–Crippen MR) is 73.5 cm³/mol. The van der Waals surface area contributed by atoms with E-state index in [4.69, 9.17) is 14.0 Å². The molecule has 1 saturated heterocycles. The molecule has 0 aromatic carbocycles. The van der Waals surface area contributed by atoms with Crippen LogP contribution in [0.2, 0.25) is 0 Å². The first-order valence-electron chi connectivity index (χ1n) is 7.05. The maximum Gasteiger partial charge on any atom is 0.441 e. The quantitative estimate of drug-likeness (QED) is 0.829.